The van der Waals surface area contributed by atoms with Crippen molar-refractivity contribution < 1.29 is 9.32 Å². The molecule has 1 amide bonds. The van der Waals surface area contributed by atoms with Gasteiger partial charge in [-0.25, -0.2) is 4.98 Å². The van der Waals surface area contributed by atoms with E-state index in [-0.39, 0.29) is 12.5 Å². The Labute approximate surface area is 120 Å². The molecule has 7 heteroatoms. The Morgan fingerprint density at radius 2 is 2.35 bits per heavy atom. The molecule has 106 valence electrons. The minimum atomic E-state index is -0.152. The highest BCUT2D eigenvalue weighted by molar-refractivity contribution is 7.13. The van der Waals surface area contributed by atoms with Gasteiger partial charge in [-0.1, -0.05) is 19.0 Å². The van der Waals surface area contributed by atoms with E-state index in [0.717, 1.165) is 23.7 Å². The molecule has 0 aromatic carbocycles. The van der Waals surface area contributed by atoms with Crippen LogP contribution in [-0.4, -0.2) is 21.0 Å². The van der Waals surface area contributed by atoms with Gasteiger partial charge in [-0.3, -0.25) is 4.79 Å². The summed E-state index contributed by atoms with van der Waals surface area (Å²) in [5, 5.41) is 7.65. The lowest BCUT2D eigenvalue weighted by Crippen LogP contribution is -2.22. The van der Waals surface area contributed by atoms with Gasteiger partial charge < -0.3 is 9.84 Å². The molecule has 3 rings (SSSR count). The highest BCUT2D eigenvalue weighted by Gasteiger charge is 2.28. The fraction of sp³-hybridized carbons (Fsp3) is 0.538. The van der Waals surface area contributed by atoms with Crippen molar-refractivity contribution >= 4 is 17.2 Å². The third kappa shape index (κ3) is 2.87. The minimum Gasteiger partial charge on any atom is -0.342 e. The van der Waals surface area contributed by atoms with Crippen LogP contribution in [0.25, 0.3) is 0 Å². The molecular weight excluding hydrogens is 276 g/mol. The van der Waals surface area contributed by atoms with E-state index >= 15 is 0 Å². The van der Waals surface area contributed by atoms with Crippen molar-refractivity contribution in [3.8, 4) is 0 Å². The molecule has 1 aliphatic carbocycles. The molecule has 20 heavy (non-hydrogen) atoms. The molecular formula is C13H16N4O2S. The van der Waals surface area contributed by atoms with E-state index in [9.17, 15) is 4.79 Å². The zero-order chi connectivity index (χ0) is 14.1. The molecule has 0 aliphatic heterocycles. The van der Waals surface area contributed by atoms with Gasteiger partial charge in [0.25, 0.3) is 5.91 Å². The number of nitrogens with one attached hydrogen (secondary N) is 1. The summed E-state index contributed by atoms with van der Waals surface area (Å²) in [6.45, 7) is 4.37. The zero-order valence-corrected chi connectivity index (χ0v) is 12.2. The first-order chi connectivity index (χ1) is 9.63. The number of amides is 1. The van der Waals surface area contributed by atoms with E-state index in [1.54, 1.807) is 6.20 Å². The van der Waals surface area contributed by atoms with Gasteiger partial charge in [0.15, 0.2) is 5.82 Å². The number of hydrogen-bond donors (Lipinski definition) is 1. The summed E-state index contributed by atoms with van der Waals surface area (Å²) >= 11 is 1.41. The molecule has 1 saturated carbocycles. The highest BCUT2D eigenvalue weighted by atomic mass is 32.1. The third-order valence-electron chi connectivity index (χ3n) is 3.07. The topological polar surface area (TPSA) is 80.9 Å². The lowest BCUT2D eigenvalue weighted by molar-refractivity contribution is 0.0950. The Morgan fingerprint density at radius 1 is 1.55 bits per heavy atom. The van der Waals surface area contributed by atoms with Gasteiger partial charge in [0.1, 0.15) is 4.88 Å². The lowest BCUT2D eigenvalue weighted by atomic mass is 10.2. The van der Waals surface area contributed by atoms with Crippen LogP contribution in [0.15, 0.2) is 10.7 Å². The minimum absolute atomic E-state index is 0.152. The second-order valence-corrected chi connectivity index (χ2v) is 6.28. The van der Waals surface area contributed by atoms with Crippen LogP contribution in [0.2, 0.25) is 0 Å². The van der Waals surface area contributed by atoms with E-state index in [0.29, 0.717) is 22.6 Å². The summed E-state index contributed by atoms with van der Waals surface area (Å²) in [7, 11) is 0. The second kappa shape index (κ2) is 5.32. The van der Waals surface area contributed by atoms with Crippen molar-refractivity contribution in [2.24, 2.45) is 0 Å². The van der Waals surface area contributed by atoms with Crippen LogP contribution in [0.1, 0.15) is 64.9 Å². The van der Waals surface area contributed by atoms with Crippen molar-refractivity contribution in [2.45, 2.75) is 45.1 Å². The number of hydrogen-bond acceptors (Lipinski definition) is 6. The molecule has 2 aromatic heterocycles. The van der Waals surface area contributed by atoms with Crippen molar-refractivity contribution in [1.82, 2.24) is 20.4 Å². The number of nitrogens with zero attached hydrogens (tertiary/aromatic N) is 3. The van der Waals surface area contributed by atoms with Gasteiger partial charge in [0, 0.05) is 11.8 Å². The standard InChI is InChI=1S/C13H16N4O2S/c1-7(2)13-15-5-9(20-13)12(18)14-6-10-16-11(17-19-10)8-3-4-8/h5,7-8H,3-4,6H2,1-2H3,(H,14,18). The van der Waals surface area contributed by atoms with Crippen LogP contribution < -0.4 is 5.32 Å². The Balaban J connectivity index is 1.57. The van der Waals surface area contributed by atoms with Crippen LogP contribution in [0.3, 0.4) is 0 Å². The Hall–Kier alpha value is -1.76. The predicted molar refractivity (Wildman–Crippen MR) is 73.6 cm³/mol. The molecule has 2 heterocycles. The normalized spacial score (nSPS) is 14.8. The van der Waals surface area contributed by atoms with Crippen LogP contribution in [-0.2, 0) is 6.54 Å². The van der Waals surface area contributed by atoms with Crippen molar-refractivity contribution in [3.05, 3.63) is 27.8 Å². The molecule has 0 bridgehead atoms. The van der Waals surface area contributed by atoms with Gasteiger partial charge in [0.2, 0.25) is 5.89 Å². The number of aromatic nitrogens is 3. The number of carbonyl (C=O) groups is 1. The summed E-state index contributed by atoms with van der Waals surface area (Å²) in [5.41, 5.74) is 0. The van der Waals surface area contributed by atoms with Crippen molar-refractivity contribution in [1.29, 1.82) is 0 Å². The van der Waals surface area contributed by atoms with Gasteiger partial charge in [-0.05, 0) is 12.8 Å². The van der Waals surface area contributed by atoms with Crippen LogP contribution in [0.5, 0.6) is 0 Å². The lowest BCUT2D eigenvalue weighted by Gasteiger charge is -1.99. The molecule has 1 fully saturated rings. The molecule has 1 N–H and O–H groups in total. The number of thiazole rings is 1. The molecule has 0 saturated heterocycles. The van der Waals surface area contributed by atoms with E-state index in [1.165, 1.54) is 11.3 Å². The summed E-state index contributed by atoms with van der Waals surface area (Å²) in [6.07, 6.45) is 3.87. The van der Waals surface area contributed by atoms with Gasteiger partial charge in [0.05, 0.1) is 17.7 Å². The quantitative estimate of drug-likeness (QED) is 0.915. The second-order valence-electron chi connectivity index (χ2n) is 5.22. The summed E-state index contributed by atoms with van der Waals surface area (Å²) in [5.74, 6) is 1.85. The molecule has 0 unspecified atom stereocenters. The summed E-state index contributed by atoms with van der Waals surface area (Å²) in [6, 6.07) is 0. The van der Waals surface area contributed by atoms with Gasteiger partial charge in [-0.15, -0.1) is 11.3 Å². The van der Waals surface area contributed by atoms with Gasteiger partial charge in [-0.2, -0.15) is 4.98 Å². The largest absolute Gasteiger partial charge is 0.342 e. The molecule has 0 spiro atoms. The monoisotopic (exact) mass is 292 g/mol. The number of rotatable bonds is 5. The maximum absolute atomic E-state index is 12.0. The fourth-order valence-corrected chi connectivity index (χ4v) is 2.59. The predicted octanol–water partition coefficient (Wildman–Crippen LogP) is 2.46. The van der Waals surface area contributed by atoms with Gasteiger partial charge >= 0.3 is 0 Å². The maximum atomic E-state index is 12.0. The molecule has 0 atom stereocenters. The van der Waals surface area contributed by atoms with Crippen LogP contribution in [0, 0.1) is 0 Å². The first kappa shape index (κ1) is 13.2. The molecule has 1 aliphatic rings. The summed E-state index contributed by atoms with van der Waals surface area (Å²) < 4.78 is 5.11. The Kier molecular flexibility index (Phi) is 3.52. The average Bonchev–Trinajstić information content (AvgIpc) is 2.98. The Bertz CT molecular complexity index is 615. The Morgan fingerprint density at radius 3 is 3.00 bits per heavy atom. The molecule has 6 nitrogen and oxygen atoms in total. The molecule has 0 radical (unpaired) electrons. The van der Waals surface area contributed by atoms with E-state index in [2.05, 4.69) is 34.3 Å². The van der Waals surface area contributed by atoms with E-state index < -0.39 is 0 Å². The first-order valence-corrected chi connectivity index (χ1v) is 7.51. The third-order valence-corrected chi connectivity index (χ3v) is 4.36. The first-order valence-electron chi connectivity index (χ1n) is 6.70. The average molecular weight is 292 g/mol. The highest BCUT2D eigenvalue weighted by Crippen LogP contribution is 2.38. The maximum Gasteiger partial charge on any atom is 0.263 e. The smallest absolute Gasteiger partial charge is 0.263 e. The van der Waals surface area contributed by atoms with Crippen molar-refractivity contribution in [3.63, 3.8) is 0 Å². The number of carbonyl (C=O) groups excluding carboxylic acids is 1. The summed E-state index contributed by atoms with van der Waals surface area (Å²) in [4.78, 5) is 21.1. The molecule has 2 aromatic rings. The SMILES string of the molecule is CC(C)c1ncc(C(=O)NCc2nc(C3CC3)no2)s1. The van der Waals surface area contributed by atoms with E-state index in [4.69, 9.17) is 4.52 Å². The zero-order valence-electron chi connectivity index (χ0n) is 11.4. The van der Waals surface area contributed by atoms with Crippen LogP contribution >= 0.6 is 11.3 Å². The fourth-order valence-electron chi connectivity index (χ4n) is 1.75. The van der Waals surface area contributed by atoms with E-state index in [1.807, 2.05) is 0 Å². The van der Waals surface area contributed by atoms with Crippen LogP contribution in [0.4, 0.5) is 0 Å². The van der Waals surface area contributed by atoms with Crippen molar-refractivity contribution in [2.75, 3.05) is 0 Å².